The average molecular weight is 279 g/mol. The number of oxime groups is 1. The maximum absolute atomic E-state index is 8.68. The Labute approximate surface area is 114 Å². The third-order valence-corrected chi connectivity index (χ3v) is 3.55. The fraction of sp³-hybridized carbons (Fsp3) is 0.0769. The van der Waals surface area contributed by atoms with Crippen molar-refractivity contribution in [2.75, 3.05) is 5.75 Å². The van der Waals surface area contributed by atoms with Crippen LogP contribution in [0.4, 0.5) is 0 Å². The average Bonchev–Trinajstić information content (AvgIpc) is 2.37. The van der Waals surface area contributed by atoms with Gasteiger partial charge in [0.1, 0.15) is 5.03 Å². The van der Waals surface area contributed by atoms with Crippen LogP contribution in [0, 0.1) is 0 Å². The zero-order chi connectivity index (χ0) is 13.0. The minimum Gasteiger partial charge on any atom is -0.411 e. The van der Waals surface area contributed by atoms with Gasteiger partial charge in [-0.3, -0.25) is 0 Å². The molecule has 92 valence electrons. The molecule has 0 radical (unpaired) electrons. The first-order valence-corrected chi connectivity index (χ1v) is 6.62. The summed E-state index contributed by atoms with van der Waals surface area (Å²) in [7, 11) is 0. The summed E-state index contributed by atoms with van der Waals surface area (Å²) in [5.41, 5.74) is 1.60. The van der Waals surface area contributed by atoms with Crippen molar-refractivity contribution in [1.82, 2.24) is 4.98 Å². The van der Waals surface area contributed by atoms with Crippen molar-refractivity contribution in [3.63, 3.8) is 0 Å². The summed E-state index contributed by atoms with van der Waals surface area (Å²) < 4.78 is 0. The second-order valence-electron chi connectivity index (χ2n) is 3.56. The Balaban J connectivity index is 2.56. The van der Waals surface area contributed by atoms with E-state index in [2.05, 4.69) is 16.7 Å². The summed E-state index contributed by atoms with van der Waals surface area (Å²) in [6.45, 7) is 3.68. The van der Waals surface area contributed by atoms with Crippen LogP contribution in [-0.2, 0) is 0 Å². The van der Waals surface area contributed by atoms with E-state index in [1.807, 2.05) is 24.3 Å². The minimum absolute atomic E-state index is 0.651. The van der Waals surface area contributed by atoms with Gasteiger partial charge in [-0.25, -0.2) is 4.98 Å². The highest BCUT2D eigenvalue weighted by Crippen LogP contribution is 2.25. The van der Waals surface area contributed by atoms with Crippen molar-refractivity contribution in [3.05, 3.63) is 47.5 Å². The monoisotopic (exact) mass is 278 g/mol. The van der Waals surface area contributed by atoms with Gasteiger partial charge in [0, 0.05) is 21.7 Å². The van der Waals surface area contributed by atoms with Gasteiger partial charge < -0.3 is 5.21 Å². The Morgan fingerprint density at radius 3 is 3.00 bits per heavy atom. The van der Waals surface area contributed by atoms with Crippen LogP contribution in [0.1, 0.15) is 5.56 Å². The highest BCUT2D eigenvalue weighted by molar-refractivity contribution is 7.99. The third-order valence-electron chi connectivity index (χ3n) is 2.31. The van der Waals surface area contributed by atoms with Crippen molar-refractivity contribution in [3.8, 4) is 0 Å². The molecule has 18 heavy (non-hydrogen) atoms. The second kappa shape index (κ2) is 5.89. The molecule has 0 saturated carbocycles. The predicted molar refractivity (Wildman–Crippen MR) is 77.1 cm³/mol. The number of hydrogen-bond acceptors (Lipinski definition) is 4. The smallest absolute Gasteiger partial charge is 0.106 e. The van der Waals surface area contributed by atoms with Gasteiger partial charge in [0.05, 0.1) is 11.7 Å². The van der Waals surface area contributed by atoms with E-state index in [9.17, 15) is 0 Å². The standard InChI is InChI=1S/C13H11ClN2OS/c1-2-5-18-13-10(8-15-17)6-9-3-4-11(14)7-12(9)16-13/h2-4,6-8,17H,1,5H2/b15-8+. The molecule has 0 saturated heterocycles. The van der Waals surface area contributed by atoms with E-state index >= 15 is 0 Å². The maximum Gasteiger partial charge on any atom is 0.106 e. The number of pyridine rings is 1. The molecule has 5 heteroatoms. The van der Waals surface area contributed by atoms with Crippen LogP contribution >= 0.6 is 23.4 Å². The van der Waals surface area contributed by atoms with Gasteiger partial charge in [0.25, 0.3) is 0 Å². The third kappa shape index (κ3) is 2.83. The van der Waals surface area contributed by atoms with Gasteiger partial charge in [-0.05, 0) is 18.2 Å². The molecule has 1 aromatic carbocycles. The quantitative estimate of drug-likeness (QED) is 0.303. The number of benzene rings is 1. The van der Waals surface area contributed by atoms with Crippen molar-refractivity contribution in [2.45, 2.75) is 5.03 Å². The van der Waals surface area contributed by atoms with Crippen molar-refractivity contribution < 1.29 is 5.21 Å². The van der Waals surface area contributed by atoms with Crippen molar-refractivity contribution in [2.24, 2.45) is 5.16 Å². The lowest BCUT2D eigenvalue weighted by molar-refractivity contribution is 0.321. The van der Waals surface area contributed by atoms with Crippen LogP contribution in [0.5, 0.6) is 0 Å². The molecule has 0 aliphatic carbocycles. The van der Waals surface area contributed by atoms with E-state index in [1.165, 1.54) is 18.0 Å². The van der Waals surface area contributed by atoms with E-state index in [-0.39, 0.29) is 0 Å². The molecule has 0 bridgehead atoms. The van der Waals surface area contributed by atoms with Crippen LogP contribution in [0.3, 0.4) is 0 Å². The maximum atomic E-state index is 8.68. The first-order chi connectivity index (χ1) is 8.74. The molecule has 0 spiro atoms. The largest absolute Gasteiger partial charge is 0.411 e. The Kier molecular flexibility index (Phi) is 4.23. The van der Waals surface area contributed by atoms with Gasteiger partial charge in [-0.2, -0.15) is 0 Å². The molecule has 0 amide bonds. The summed E-state index contributed by atoms with van der Waals surface area (Å²) in [5.74, 6) is 0.741. The fourth-order valence-electron chi connectivity index (χ4n) is 1.55. The first kappa shape index (κ1) is 12.9. The molecule has 0 aliphatic rings. The lowest BCUT2D eigenvalue weighted by atomic mass is 10.2. The van der Waals surface area contributed by atoms with Crippen molar-refractivity contribution >= 4 is 40.5 Å². The summed E-state index contributed by atoms with van der Waals surface area (Å²) in [5, 5.41) is 14.1. The Bertz CT molecular complexity index is 613. The number of hydrogen-bond donors (Lipinski definition) is 1. The molecule has 3 nitrogen and oxygen atoms in total. The molecule has 1 N–H and O–H groups in total. The molecule has 1 aromatic heterocycles. The highest BCUT2D eigenvalue weighted by atomic mass is 35.5. The Morgan fingerprint density at radius 2 is 2.28 bits per heavy atom. The molecule has 0 aliphatic heterocycles. The number of halogens is 1. The normalized spacial score (nSPS) is 11.2. The Morgan fingerprint density at radius 1 is 1.44 bits per heavy atom. The second-order valence-corrected chi connectivity index (χ2v) is 5.01. The van der Waals surface area contributed by atoms with Crippen molar-refractivity contribution in [1.29, 1.82) is 0 Å². The topological polar surface area (TPSA) is 45.5 Å². The van der Waals surface area contributed by atoms with Crippen LogP contribution < -0.4 is 0 Å². The van der Waals surface area contributed by atoms with Gasteiger partial charge in [0.2, 0.25) is 0 Å². The summed E-state index contributed by atoms with van der Waals surface area (Å²) >= 11 is 7.48. The fourth-order valence-corrected chi connectivity index (χ4v) is 2.43. The Hall–Kier alpha value is -1.52. The number of rotatable bonds is 4. The molecule has 0 fully saturated rings. The number of aromatic nitrogens is 1. The molecule has 1 heterocycles. The molecule has 2 aromatic rings. The number of nitrogens with zero attached hydrogens (tertiary/aromatic N) is 2. The zero-order valence-electron chi connectivity index (χ0n) is 9.51. The van der Waals surface area contributed by atoms with Crippen LogP contribution in [-0.4, -0.2) is 22.2 Å². The zero-order valence-corrected chi connectivity index (χ0v) is 11.1. The van der Waals surface area contributed by atoms with Crippen LogP contribution in [0.2, 0.25) is 5.02 Å². The van der Waals surface area contributed by atoms with Gasteiger partial charge >= 0.3 is 0 Å². The van der Waals surface area contributed by atoms with E-state index in [0.29, 0.717) is 5.02 Å². The first-order valence-electron chi connectivity index (χ1n) is 5.26. The SMILES string of the molecule is C=CCSc1nc2cc(Cl)ccc2cc1/C=N/O. The minimum atomic E-state index is 0.651. The summed E-state index contributed by atoms with van der Waals surface area (Å²) in [4.78, 5) is 4.52. The summed E-state index contributed by atoms with van der Waals surface area (Å²) in [6, 6.07) is 7.43. The van der Waals surface area contributed by atoms with Crippen LogP contribution in [0.25, 0.3) is 10.9 Å². The van der Waals surface area contributed by atoms with Gasteiger partial charge in [-0.15, -0.1) is 18.3 Å². The predicted octanol–water partition coefficient (Wildman–Crippen LogP) is 3.97. The van der Waals surface area contributed by atoms with E-state index in [1.54, 1.807) is 6.08 Å². The molecule has 0 atom stereocenters. The highest BCUT2D eigenvalue weighted by Gasteiger charge is 2.06. The molecular weight excluding hydrogens is 268 g/mol. The van der Waals surface area contributed by atoms with Gasteiger partial charge in [0.15, 0.2) is 0 Å². The molecule has 2 rings (SSSR count). The lowest BCUT2D eigenvalue weighted by Crippen LogP contribution is -1.92. The summed E-state index contributed by atoms with van der Waals surface area (Å²) in [6.07, 6.45) is 3.18. The van der Waals surface area contributed by atoms with Gasteiger partial charge in [-0.1, -0.05) is 28.9 Å². The molecule has 0 unspecified atom stereocenters. The van der Waals surface area contributed by atoms with E-state index < -0.39 is 0 Å². The van der Waals surface area contributed by atoms with E-state index in [0.717, 1.165) is 27.2 Å². The molecular formula is C13H11ClN2OS. The lowest BCUT2D eigenvalue weighted by Gasteiger charge is -2.06. The van der Waals surface area contributed by atoms with Crippen LogP contribution in [0.15, 0.2) is 47.1 Å². The number of fused-ring (bicyclic) bond motifs is 1. The van der Waals surface area contributed by atoms with E-state index in [4.69, 9.17) is 16.8 Å². The number of thioether (sulfide) groups is 1.